The maximum Gasteiger partial charge on any atom is 0.397 e. The zero-order valence-electron chi connectivity index (χ0n) is 16.5. The zero-order chi connectivity index (χ0) is 21.2. The van der Waals surface area contributed by atoms with Crippen LogP contribution in [0.5, 0.6) is 0 Å². The van der Waals surface area contributed by atoms with E-state index in [1.807, 2.05) is 48.9 Å². The molecule has 0 spiro atoms. The fourth-order valence-corrected chi connectivity index (χ4v) is 3.72. The molecule has 1 fully saturated rings. The van der Waals surface area contributed by atoms with Crippen molar-refractivity contribution in [2.24, 2.45) is 5.92 Å². The van der Waals surface area contributed by atoms with Gasteiger partial charge in [-0.25, -0.2) is 4.68 Å². The third kappa shape index (κ3) is 5.46. The number of aromatic nitrogens is 2. The third-order valence-electron chi connectivity index (χ3n) is 5.22. The van der Waals surface area contributed by atoms with Crippen molar-refractivity contribution in [3.05, 3.63) is 47.3 Å². The summed E-state index contributed by atoms with van der Waals surface area (Å²) < 4.78 is 38.9. The number of Topliss-reactive ketones (excluding diaryl/α,β-unsaturated/α-hetero) is 1. The van der Waals surface area contributed by atoms with E-state index in [0.29, 0.717) is 12.8 Å². The van der Waals surface area contributed by atoms with E-state index < -0.39 is 18.5 Å². The van der Waals surface area contributed by atoms with Gasteiger partial charge in [-0.3, -0.25) is 9.59 Å². The van der Waals surface area contributed by atoms with E-state index in [1.165, 1.54) is 4.90 Å². The summed E-state index contributed by atoms with van der Waals surface area (Å²) >= 11 is 0. The number of carbonyl (C=O) groups is 2. The molecule has 1 aromatic carbocycles. The second kappa shape index (κ2) is 8.39. The Morgan fingerprint density at radius 3 is 2.24 bits per heavy atom. The Morgan fingerprint density at radius 2 is 1.72 bits per heavy atom. The van der Waals surface area contributed by atoms with E-state index in [1.54, 1.807) is 0 Å². The predicted molar refractivity (Wildman–Crippen MR) is 102 cm³/mol. The summed E-state index contributed by atoms with van der Waals surface area (Å²) in [6, 6.07) is 9.61. The van der Waals surface area contributed by atoms with Crippen LogP contribution in [0.15, 0.2) is 30.3 Å². The molecule has 3 rings (SSSR count). The molecule has 0 radical (unpaired) electrons. The average molecular weight is 407 g/mol. The van der Waals surface area contributed by atoms with Crippen LogP contribution in [-0.4, -0.2) is 45.6 Å². The van der Waals surface area contributed by atoms with Crippen molar-refractivity contribution in [3.8, 4) is 5.69 Å². The monoisotopic (exact) mass is 407 g/mol. The average Bonchev–Trinajstić information content (AvgIpc) is 2.99. The highest BCUT2D eigenvalue weighted by Crippen LogP contribution is 2.25. The summed E-state index contributed by atoms with van der Waals surface area (Å²) in [6.45, 7) is 4.30. The van der Waals surface area contributed by atoms with Crippen molar-refractivity contribution >= 4 is 11.7 Å². The first kappa shape index (κ1) is 21.1. The summed E-state index contributed by atoms with van der Waals surface area (Å²) in [5.74, 6) is -1.07. The van der Waals surface area contributed by atoms with Crippen LogP contribution in [-0.2, 0) is 16.0 Å². The van der Waals surface area contributed by atoms with Gasteiger partial charge in [0, 0.05) is 31.1 Å². The summed E-state index contributed by atoms with van der Waals surface area (Å²) in [5.41, 5.74) is 3.76. The van der Waals surface area contributed by atoms with Crippen LogP contribution in [0.25, 0.3) is 5.69 Å². The van der Waals surface area contributed by atoms with Crippen molar-refractivity contribution < 1.29 is 22.8 Å². The van der Waals surface area contributed by atoms with Gasteiger partial charge in [-0.15, -0.1) is 0 Å². The van der Waals surface area contributed by atoms with E-state index in [0.717, 1.165) is 22.6 Å². The summed E-state index contributed by atoms with van der Waals surface area (Å²) in [6.07, 6.45) is -4.84. The number of likely N-dealkylation sites (tertiary alicyclic amines) is 1. The minimum Gasteiger partial charge on any atom is -0.342 e. The summed E-state index contributed by atoms with van der Waals surface area (Å²) in [4.78, 5) is 25.5. The molecule has 0 saturated carbocycles. The summed E-state index contributed by atoms with van der Waals surface area (Å²) in [5, 5.41) is 4.44. The lowest BCUT2D eigenvalue weighted by molar-refractivity contribution is -0.162. The number of hydrogen-bond donors (Lipinski definition) is 0. The van der Waals surface area contributed by atoms with Crippen LogP contribution in [0.4, 0.5) is 13.2 Å². The normalized spacial score (nSPS) is 15.6. The van der Waals surface area contributed by atoms with Gasteiger partial charge >= 0.3 is 6.18 Å². The van der Waals surface area contributed by atoms with Crippen molar-refractivity contribution in [2.45, 2.75) is 45.7 Å². The van der Waals surface area contributed by atoms with Crippen molar-refractivity contribution in [3.63, 3.8) is 0 Å². The predicted octanol–water partition coefficient (Wildman–Crippen LogP) is 3.79. The van der Waals surface area contributed by atoms with Crippen LogP contribution < -0.4 is 0 Å². The SMILES string of the molecule is Cc1cc(C)n(-c2ccc(CC(=O)C3CCN(C(=O)CC(F)(F)F)CC3)cc2)n1. The van der Waals surface area contributed by atoms with Gasteiger partial charge in [0.1, 0.15) is 12.2 Å². The molecule has 1 aliphatic rings. The molecule has 8 heteroatoms. The van der Waals surface area contributed by atoms with Crippen LogP contribution in [0, 0.1) is 19.8 Å². The first-order valence-electron chi connectivity index (χ1n) is 9.62. The lowest BCUT2D eigenvalue weighted by Crippen LogP contribution is -2.42. The Kier molecular flexibility index (Phi) is 6.10. The van der Waals surface area contributed by atoms with E-state index >= 15 is 0 Å². The van der Waals surface area contributed by atoms with Crippen molar-refractivity contribution in [1.82, 2.24) is 14.7 Å². The second-order valence-corrected chi connectivity index (χ2v) is 7.60. The van der Waals surface area contributed by atoms with E-state index in [4.69, 9.17) is 0 Å². The molecule has 5 nitrogen and oxygen atoms in total. The first-order chi connectivity index (χ1) is 13.6. The fourth-order valence-electron chi connectivity index (χ4n) is 3.72. The Bertz CT molecular complexity index is 880. The van der Waals surface area contributed by atoms with Crippen LogP contribution in [0.2, 0.25) is 0 Å². The minimum atomic E-state index is -4.50. The summed E-state index contributed by atoms with van der Waals surface area (Å²) in [7, 11) is 0. The number of piperidine rings is 1. The molecule has 1 amide bonds. The highest BCUT2D eigenvalue weighted by molar-refractivity contribution is 5.84. The number of hydrogen-bond acceptors (Lipinski definition) is 3. The molecular weight excluding hydrogens is 383 g/mol. The Morgan fingerprint density at radius 1 is 1.10 bits per heavy atom. The molecular formula is C21H24F3N3O2. The molecule has 156 valence electrons. The van der Waals surface area contributed by atoms with E-state index in [2.05, 4.69) is 5.10 Å². The topological polar surface area (TPSA) is 55.2 Å². The smallest absolute Gasteiger partial charge is 0.342 e. The molecule has 29 heavy (non-hydrogen) atoms. The number of aryl methyl sites for hydroxylation is 2. The maximum absolute atomic E-state index is 12.6. The number of ketones is 1. The van der Waals surface area contributed by atoms with Gasteiger partial charge in [-0.1, -0.05) is 12.1 Å². The van der Waals surface area contributed by atoms with Gasteiger partial charge in [-0.05, 0) is 50.5 Å². The quantitative estimate of drug-likeness (QED) is 0.758. The number of rotatable bonds is 5. The zero-order valence-corrected chi connectivity index (χ0v) is 16.5. The van der Waals surface area contributed by atoms with Gasteiger partial charge in [0.2, 0.25) is 5.91 Å². The number of benzene rings is 1. The molecule has 0 bridgehead atoms. The Hall–Kier alpha value is -2.64. The van der Waals surface area contributed by atoms with Crippen molar-refractivity contribution in [2.75, 3.05) is 13.1 Å². The highest BCUT2D eigenvalue weighted by Gasteiger charge is 2.35. The number of alkyl halides is 3. The molecule has 0 N–H and O–H groups in total. The van der Waals surface area contributed by atoms with Crippen molar-refractivity contribution in [1.29, 1.82) is 0 Å². The molecule has 0 aliphatic carbocycles. The minimum absolute atomic E-state index is 0.0618. The number of halogens is 3. The third-order valence-corrected chi connectivity index (χ3v) is 5.22. The molecule has 2 aromatic rings. The Balaban J connectivity index is 1.53. The Labute approximate surface area is 167 Å². The van der Waals surface area contributed by atoms with Gasteiger partial charge < -0.3 is 4.90 Å². The number of carbonyl (C=O) groups excluding carboxylic acids is 2. The number of nitrogens with zero attached hydrogens (tertiary/aromatic N) is 3. The van der Waals surface area contributed by atoms with Gasteiger partial charge in [0.15, 0.2) is 0 Å². The van der Waals surface area contributed by atoms with E-state index in [-0.39, 0.29) is 31.2 Å². The number of amides is 1. The lowest BCUT2D eigenvalue weighted by atomic mass is 9.89. The van der Waals surface area contributed by atoms with E-state index in [9.17, 15) is 22.8 Å². The second-order valence-electron chi connectivity index (χ2n) is 7.60. The largest absolute Gasteiger partial charge is 0.397 e. The van der Waals surface area contributed by atoms with Crippen LogP contribution in [0.3, 0.4) is 0 Å². The molecule has 0 atom stereocenters. The highest BCUT2D eigenvalue weighted by atomic mass is 19.4. The van der Waals surface area contributed by atoms with Crippen LogP contribution in [0.1, 0.15) is 36.2 Å². The maximum atomic E-state index is 12.6. The van der Waals surface area contributed by atoms with Gasteiger partial charge in [0.05, 0.1) is 11.4 Å². The molecule has 1 saturated heterocycles. The van der Waals surface area contributed by atoms with Gasteiger partial charge in [-0.2, -0.15) is 18.3 Å². The fraction of sp³-hybridized carbons (Fsp3) is 0.476. The molecule has 1 aromatic heterocycles. The van der Waals surface area contributed by atoms with Gasteiger partial charge in [0.25, 0.3) is 0 Å². The van der Waals surface area contributed by atoms with Crippen LogP contribution >= 0.6 is 0 Å². The standard InChI is InChI=1S/C21H24F3N3O2/c1-14-11-15(2)27(25-14)18-5-3-16(4-6-18)12-19(28)17-7-9-26(10-8-17)20(29)13-21(22,23)24/h3-6,11,17H,7-10,12-13H2,1-2H3. The first-order valence-corrected chi connectivity index (χ1v) is 9.62. The molecule has 2 heterocycles. The molecule has 1 aliphatic heterocycles. The molecule has 0 unspecified atom stereocenters. The lowest BCUT2D eigenvalue weighted by Gasteiger charge is -2.31.